The molecule has 0 aromatic rings. The van der Waals surface area contributed by atoms with Crippen molar-refractivity contribution in [2.45, 2.75) is 301 Å². The third-order valence-corrected chi connectivity index (χ3v) is 13.1. The molecule has 4 N–H and O–H groups in total. The average Bonchev–Trinajstić information content (AvgIpc) is 3.32. The predicted octanol–water partition coefficient (Wildman–Crippen LogP) is 13.6. The molecule has 0 aromatic carbocycles. The van der Waals surface area contributed by atoms with Crippen molar-refractivity contribution in [2.75, 3.05) is 19.8 Å². The van der Waals surface area contributed by atoms with E-state index in [1.54, 1.807) is 0 Å². The van der Waals surface area contributed by atoms with Crippen LogP contribution in [0.5, 0.6) is 0 Å². The lowest BCUT2D eigenvalue weighted by molar-refractivity contribution is -0.305. The SMILES string of the molecule is CCCCC/C=C/C/C=C/CCCCCCCCCCCC(=O)OC[C@H](CO[C@@H]1O[C@H](CO)[C@H](O)C(O)C1O)OC(=O)CCCCCCCCCCCCCCCCCCCCCCCC. The molecule has 66 heavy (non-hydrogen) atoms. The molecule has 0 aliphatic carbocycles. The van der Waals surface area contributed by atoms with Crippen molar-refractivity contribution >= 4 is 11.9 Å². The molecule has 0 saturated carbocycles. The van der Waals surface area contributed by atoms with Crippen molar-refractivity contribution in [2.24, 2.45) is 0 Å². The summed E-state index contributed by atoms with van der Waals surface area (Å²) in [6.45, 7) is 3.45. The van der Waals surface area contributed by atoms with Crippen LogP contribution in [0.25, 0.3) is 0 Å². The van der Waals surface area contributed by atoms with Crippen LogP contribution >= 0.6 is 0 Å². The summed E-state index contributed by atoms with van der Waals surface area (Å²) in [7, 11) is 0. The highest BCUT2D eigenvalue weighted by molar-refractivity contribution is 5.70. The van der Waals surface area contributed by atoms with Gasteiger partial charge >= 0.3 is 11.9 Å². The molecule has 1 fully saturated rings. The van der Waals surface area contributed by atoms with Gasteiger partial charge in [-0.3, -0.25) is 9.59 Å². The molecular formula is C56H104O10. The summed E-state index contributed by atoms with van der Waals surface area (Å²) < 4.78 is 22.3. The zero-order chi connectivity index (χ0) is 48.0. The smallest absolute Gasteiger partial charge is 0.306 e. The van der Waals surface area contributed by atoms with Crippen LogP contribution in [0.3, 0.4) is 0 Å². The van der Waals surface area contributed by atoms with Crippen molar-refractivity contribution in [1.29, 1.82) is 0 Å². The number of rotatable bonds is 48. The van der Waals surface area contributed by atoms with Gasteiger partial charge in [0.15, 0.2) is 12.4 Å². The normalized spacial score (nSPS) is 19.3. The molecule has 0 amide bonds. The van der Waals surface area contributed by atoms with Gasteiger partial charge in [-0.15, -0.1) is 0 Å². The maximum atomic E-state index is 12.9. The molecule has 0 aromatic heterocycles. The number of aliphatic hydroxyl groups is 4. The van der Waals surface area contributed by atoms with Gasteiger partial charge < -0.3 is 39.4 Å². The van der Waals surface area contributed by atoms with Gasteiger partial charge in [0.2, 0.25) is 0 Å². The van der Waals surface area contributed by atoms with E-state index in [0.717, 1.165) is 57.8 Å². The number of hydrogen-bond donors (Lipinski definition) is 4. The van der Waals surface area contributed by atoms with Crippen LogP contribution in [0.15, 0.2) is 24.3 Å². The van der Waals surface area contributed by atoms with Crippen LogP contribution in [-0.4, -0.2) is 89.0 Å². The number of carbonyl (C=O) groups is 2. The number of hydrogen-bond acceptors (Lipinski definition) is 10. The monoisotopic (exact) mass is 937 g/mol. The second-order valence-electron chi connectivity index (χ2n) is 19.4. The summed E-state index contributed by atoms with van der Waals surface area (Å²) in [6, 6.07) is 0. The van der Waals surface area contributed by atoms with Gasteiger partial charge in [0.25, 0.3) is 0 Å². The third-order valence-electron chi connectivity index (χ3n) is 13.1. The van der Waals surface area contributed by atoms with Gasteiger partial charge in [0.1, 0.15) is 31.0 Å². The first kappa shape index (κ1) is 62.2. The van der Waals surface area contributed by atoms with Crippen LogP contribution in [-0.2, 0) is 28.5 Å². The largest absolute Gasteiger partial charge is 0.462 e. The third kappa shape index (κ3) is 37.1. The molecule has 1 aliphatic rings. The summed E-state index contributed by atoms with van der Waals surface area (Å²) in [5.41, 5.74) is 0. The minimum absolute atomic E-state index is 0.215. The van der Waals surface area contributed by atoms with Crippen molar-refractivity contribution in [3.63, 3.8) is 0 Å². The molecule has 2 unspecified atom stereocenters. The van der Waals surface area contributed by atoms with Crippen molar-refractivity contribution in [3.05, 3.63) is 24.3 Å². The summed E-state index contributed by atoms with van der Waals surface area (Å²) >= 11 is 0. The Hall–Kier alpha value is -1.82. The molecule has 10 heteroatoms. The zero-order valence-corrected chi connectivity index (χ0v) is 42.7. The zero-order valence-electron chi connectivity index (χ0n) is 42.7. The molecule has 10 nitrogen and oxygen atoms in total. The Labute approximate surface area is 404 Å². The van der Waals surface area contributed by atoms with E-state index in [9.17, 15) is 30.0 Å². The molecule has 0 radical (unpaired) electrons. The van der Waals surface area contributed by atoms with Crippen molar-refractivity contribution in [1.82, 2.24) is 0 Å². The van der Waals surface area contributed by atoms with E-state index in [1.165, 1.54) is 173 Å². The van der Waals surface area contributed by atoms with E-state index in [2.05, 4.69) is 38.2 Å². The predicted molar refractivity (Wildman–Crippen MR) is 270 cm³/mol. The average molecular weight is 937 g/mol. The van der Waals surface area contributed by atoms with Crippen LogP contribution < -0.4 is 0 Å². The van der Waals surface area contributed by atoms with E-state index in [4.69, 9.17) is 18.9 Å². The molecule has 388 valence electrons. The van der Waals surface area contributed by atoms with Gasteiger partial charge in [-0.2, -0.15) is 0 Å². The molecule has 0 spiro atoms. The van der Waals surface area contributed by atoms with E-state index in [1.807, 2.05) is 0 Å². The molecular weight excluding hydrogens is 833 g/mol. The Morgan fingerprint density at radius 1 is 0.470 bits per heavy atom. The van der Waals surface area contributed by atoms with E-state index in [-0.39, 0.29) is 32.0 Å². The van der Waals surface area contributed by atoms with E-state index < -0.39 is 49.4 Å². The number of esters is 2. The van der Waals surface area contributed by atoms with Gasteiger partial charge in [0, 0.05) is 12.8 Å². The topological polar surface area (TPSA) is 152 Å². The van der Waals surface area contributed by atoms with Crippen LogP contribution in [0.2, 0.25) is 0 Å². The first-order chi connectivity index (χ1) is 32.3. The lowest BCUT2D eigenvalue weighted by Gasteiger charge is -2.39. The molecule has 1 heterocycles. The fourth-order valence-corrected chi connectivity index (χ4v) is 8.69. The Bertz CT molecular complexity index is 1130. The molecule has 6 atom stereocenters. The van der Waals surface area contributed by atoms with Crippen LogP contribution in [0.1, 0.15) is 264 Å². The van der Waals surface area contributed by atoms with Gasteiger partial charge in [-0.05, 0) is 44.9 Å². The van der Waals surface area contributed by atoms with E-state index >= 15 is 0 Å². The van der Waals surface area contributed by atoms with Crippen molar-refractivity contribution < 1.29 is 49.0 Å². The Morgan fingerprint density at radius 3 is 1.29 bits per heavy atom. The second-order valence-corrected chi connectivity index (χ2v) is 19.4. The molecule has 1 rings (SSSR count). The van der Waals surface area contributed by atoms with Crippen LogP contribution in [0, 0.1) is 0 Å². The summed E-state index contributed by atoms with van der Waals surface area (Å²) in [5.74, 6) is -0.796. The molecule has 1 aliphatic heterocycles. The maximum absolute atomic E-state index is 12.9. The minimum atomic E-state index is -1.59. The van der Waals surface area contributed by atoms with Gasteiger partial charge in [-0.25, -0.2) is 0 Å². The number of ether oxygens (including phenoxy) is 4. The highest BCUT2D eigenvalue weighted by atomic mass is 16.7. The second kappa shape index (κ2) is 46.9. The lowest BCUT2D eigenvalue weighted by Crippen LogP contribution is -2.59. The van der Waals surface area contributed by atoms with E-state index in [0.29, 0.717) is 6.42 Å². The van der Waals surface area contributed by atoms with Crippen molar-refractivity contribution in [3.8, 4) is 0 Å². The first-order valence-corrected chi connectivity index (χ1v) is 27.9. The molecule has 1 saturated heterocycles. The molecule has 0 bridgehead atoms. The fourth-order valence-electron chi connectivity index (χ4n) is 8.69. The standard InChI is InChI=1S/C56H104O10/c1-3-5-7-9-11-13-15-17-19-21-23-24-25-27-29-31-33-35-37-39-41-43-45-52(59)65-49(48-64-56-55(62)54(61)53(60)50(46-57)66-56)47-63-51(58)44-42-40-38-36-34-32-30-28-26-22-20-18-16-14-12-10-8-6-4-2/h12,14,18,20,49-50,53-57,60-62H,3-11,13,15-17,19,21-48H2,1-2H3/b14-12+,20-18+/t49-,50-,53+,54?,55?,56-/m1/s1. The summed E-state index contributed by atoms with van der Waals surface area (Å²) in [6.07, 6.45) is 47.6. The Kier molecular flexibility index (Phi) is 44.2. The lowest BCUT2D eigenvalue weighted by atomic mass is 9.99. The number of allylic oxidation sites excluding steroid dienone is 4. The number of aliphatic hydroxyl groups excluding tert-OH is 4. The summed E-state index contributed by atoms with van der Waals surface area (Å²) in [5, 5.41) is 40.3. The Morgan fingerprint density at radius 2 is 0.848 bits per heavy atom. The van der Waals surface area contributed by atoms with Gasteiger partial charge in [0.05, 0.1) is 13.2 Å². The maximum Gasteiger partial charge on any atom is 0.306 e. The quantitative estimate of drug-likeness (QED) is 0.0264. The number of unbranched alkanes of at least 4 members (excludes halogenated alkanes) is 33. The first-order valence-electron chi connectivity index (χ1n) is 27.9. The Balaban J connectivity index is 2.21. The highest BCUT2D eigenvalue weighted by Crippen LogP contribution is 2.23. The minimum Gasteiger partial charge on any atom is -0.462 e. The fraction of sp³-hybridized carbons (Fsp3) is 0.893. The number of carbonyl (C=O) groups excluding carboxylic acids is 2. The summed E-state index contributed by atoms with van der Waals surface area (Å²) in [4.78, 5) is 25.5. The van der Waals surface area contributed by atoms with Gasteiger partial charge in [-0.1, -0.05) is 231 Å². The van der Waals surface area contributed by atoms with Crippen LogP contribution in [0.4, 0.5) is 0 Å². The highest BCUT2D eigenvalue weighted by Gasteiger charge is 2.44.